The lowest BCUT2D eigenvalue weighted by atomic mass is 10.0. The van der Waals surface area contributed by atoms with Gasteiger partial charge < -0.3 is 10.6 Å². The minimum atomic E-state index is -0.188. The minimum absolute atomic E-state index is 0.188. The smallest absolute Gasteiger partial charge is 0.274 e. The molecular weight excluding hydrogens is 312 g/mol. The third-order valence-corrected chi connectivity index (χ3v) is 4.81. The molecule has 0 saturated heterocycles. The molecule has 2 aromatic rings. The zero-order chi connectivity index (χ0) is 17.6. The van der Waals surface area contributed by atoms with Crippen molar-refractivity contribution in [3.8, 4) is 0 Å². The summed E-state index contributed by atoms with van der Waals surface area (Å²) in [5.41, 5.74) is 3.60. The lowest BCUT2D eigenvalue weighted by Gasteiger charge is -2.15. The average Bonchev–Trinajstić information content (AvgIpc) is 3.15. The fourth-order valence-corrected chi connectivity index (χ4v) is 3.39. The first-order valence-electron chi connectivity index (χ1n) is 9.23. The molecule has 0 radical (unpaired) electrons. The fraction of sp³-hybridized carbons (Fsp3) is 0.450. The third kappa shape index (κ3) is 4.16. The fourth-order valence-electron chi connectivity index (χ4n) is 3.39. The molecule has 1 fully saturated rings. The molecule has 132 valence electrons. The molecule has 0 spiro atoms. The molecule has 1 amide bonds. The topological polar surface area (TPSA) is 66.9 Å². The SMILES string of the molecule is CCc1cccc(CC)c1NC(=O)c1ccnc(NC2CCCC2)n1. The van der Waals surface area contributed by atoms with Gasteiger partial charge in [-0.1, -0.05) is 44.9 Å². The number of para-hydroxylation sites is 1. The summed E-state index contributed by atoms with van der Waals surface area (Å²) in [5, 5.41) is 6.40. The predicted octanol–water partition coefficient (Wildman–Crippen LogP) is 4.21. The largest absolute Gasteiger partial charge is 0.351 e. The van der Waals surface area contributed by atoms with Crippen LogP contribution in [-0.4, -0.2) is 21.9 Å². The molecule has 25 heavy (non-hydrogen) atoms. The van der Waals surface area contributed by atoms with Crippen molar-refractivity contribution in [1.82, 2.24) is 9.97 Å². The van der Waals surface area contributed by atoms with Crippen molar-refractivity contribution in [2.24, 2.45) is 0 Å². The number of hydrogen-bond donors (Lipinski definition) is 2. The maximum absolute atomic E-state index is 12.7. The first-order chi connectivity index (χ1) is 12.2. The van der Waals surface area contributed by atoms with Gasteiger partial charge in [0.15, 0.2) is 0 Å². The van der Waals surface area contributed by atoms with Gasteiger partial charge >= 0.3 is 0 Å². The highest BCUT2D eigenvalue weighted by molar-refractivity contribution is 6.03. The van der Waals surface area contributed by atoms with E-state index in [1.54, 1.807) is 12.3 Å². The van der Waals surface area contributed by atoms with Crippen molar-refractivity contribution in [2.75, 3.05) is 10.6 Å². The zero-order valence-electron chi connectivity index (χ0n) is 15.0. The molecule has 0 unspecified atom stereocenters. The van der Waals surface area contributed by atoms with Crippen LogP contribution in [0.5, 0.6) is 0 Å². The Morgan fingerprint density at radius 3 is 2.44 bits per heavy atom. The number of carbonyl (C=O) groups excluding carboxylic acids is 1. The monoisotopic (exact) mass is 338 g/mol. The van der Waals surface area contributed by atoms with Crippen molar-refractivity contribution < 1.29 is 4.79 Å². The predicted molar refractivity (Wildman–Crippen MR) is 101 cm³/mol. The molecule has 0 aliphatic heterocycles. The summed E-state index contributed by atoms with van der Waals surface area (Å²) >= 11 is 0. The summed E-state index contributed by atoms with van der Waals surface area (Å²) in [6.45, 7) is 4.19. The molecule has 1 aliphatic rings. The Labute approximate surface area is 149 Å². The number of hydrogen-bond acceptors (Lipinski definition) is 4. The summed E-state index contributed by atoms with van der Waals surface area (Å²) in [6.07, 6.45) is 8.17. The van der Waals surface area contributed by atoms with E-state index < -0.39 is 0 Å². The Morgan fingerprint density at radius 2 is 1.80 bits per heavy atom. The summed E-state index contributed by atoms with van der Waals surface area (Å²) < 4.78 is 0. The molecule has 5 nitrogen and oxygen atoms in total. The third-order valence-electron chi connectivity index (χ3n) is 4.81. The van der Waals surface area contributed by atoms with E-state index in [0.29, 0.717) is 17.7 Å². The summed E-state index contributed by atoms with van der Waals surface area (Å²) in [5.74, 6) is 0.353. The van der Waals surface area contributed by atoms with Crippen LogP contribution in [0.3, 0.4) is 0 Å². The number of amides is 1. The number of anilines is 2. The van der Waals surface area contributed by atoms with Crippen molar-refractivity contribution in [3.63, 3.8) is 0 Å². The lowest BCUT2D eigenvalue weighted by Crippen LogP contribution is -2.20. The Hall–Kier alpha value is -2.43. The first-order valence-corrected chi connectivity index (χ1v) is 9.23. The number of nitrogens with one attached hydrogen (secondary N) is 2. The molecule has 0 bridgehead atoms. The molecule has 1 aliphatic carbocycles. The Morgan fingerprint density at radius 1 is 1.12 bits per heavy atom. The first kappa shape index (κ1) is 17.4. The highest BCUT2D eigenvalue weighted by atomic mass is 16.1. The molecule has 3 rings (SSSR count). The number of rotatable bonds is 6. The van der Waals surface area contributed by atoms with E-state index in [4.69, 9.17) is 0 Å². The maximum atomic E-state index is 12.7. The van der Waals surface area contributed by atoms with Gasteiger partial charge in [-0.25, -0.2) is 9.97 Å². The van der Waals surface area contributed by atoms with Gasteiger partial charge in [-0.05, 0) is 42.9 Å². The number of benzene rings is 1. The molecule has 1 aromatic heterocycles. The second-order valence-corrected chi connectivity index (χ2v) is 6.50. The average molecular weight is 338 g/mol. The van der Waals surface area contributed by atoms with Gasteiger partial charge in [-0.15, -0.1) is 0 Å². The molecular formula is C20H26N4O. The van der Waals surface area contributed by atoms with Crippen molar-refractivity contribution in [2.45, 2.75) is 58.4 Å². The van der Waals surface area contributed by atoms with E-state index in [2.05, 4.69) is 46.6 Å². The lowest BCUT2D eigenvalue weighted by molar-refractivity contribution is 0.102. The van der Waals surface area contributed by atoms with E-state index in [1.165, 1.54) is 12.8 Å². The quantitative estimate of drug-likeness (QED) is 0.828. The second kappa shape index (κ2) is 8.10. The van der Waals surface area contributed by atoms with Gasteiger partial charge in [-0.3, -0.25) is 4.79 Å². The van der Waals surface area contributed by atoms with Gasteiger partial charge in [0.1, 0.15) is 5.69 Å². The summed E-state index contributed by atoms with van der Waals surface area (Å²) in [6, 6.07) is 8.24. The summed E-state index contributed by atoms with van der Waals surface area (Å²) in [7, 11) is 0. The Bertz CT molecular complexity index is 716. The van der Waals surface area contributed by atoms with Gasteiger partial charge in [0.25, 0.3) is 5.91 Å². The van der Waals surface area contributed by atoms with Crippen LogP contribution in [-0.2, 0) is 12.8 Å². The van der Waals surface area contributed by atoms with Crippen LogP contribution in [0.25, 0.3) is 0 Å². The highest BCUT2D eigenvalue weighted by Gasteiger charge is 2.17. The van der Waals surface area contributed by atoms with Crippen LogP contribution in [0.2, 0.25) is 0 Å². The Kier molecular flexibility index (Phi) is 5.64. The van der Waals surface area contributed by atoms with Crippen LogP contribution in [0.15, 0.2) is 30.5 Å². The molecule has 1 saturated carbocycles. The van der Waals surface area contributed by atoms with Crippen molar-refractivity contribution in [3.05, 3.63) is 47.3 Å². The van der Waals surface area contributed by atoms with E-state index >= 15 is 0 Å². The van der Waals surface area contributed by atoms with E-state index in [-0.39, 0.29) is 5.91 Å². The molecule has 1 heterocycles. The van der Waals surface area contributed by atoms with Gasteiger partial charge in [0.2, 0.25) is 5.95 Å². The van der Waals surface area contributed by atoms with Crippen LogP contribution in [0.4, 0.5) is 11.6 Å². The zero-order valence-corrected chi connectivity index (χ0v) is 15.0. The van der Waals surface area contributed by atoms with Crippen LogP contribution in [0.1, 0.15) is 61.1 Å². The Balaban J connectivity index is 1.77. The molecule has 5 heteroatoms. The minimum Gasteiger partial charge on any atom is -0.351 e. The van der Waals surface area contributed by atoms with E-state index in [1.807, 2.05) is 6.07 Å². The molecule has 2 N–H and O–H groups in total. The van der Waals surface area contributed by atoms with Crippen LogP contribution >= 0.6 is 0 Å². The normalized spacial score (nSPS) is 14.5. The molecule has 0 atom stereocenters. The number of aromatic nitrogens is 2. The number of carbonyl (C=O) groups is 1. The maximum Gasteiger partial charge on any atom is 0.274 e. The standard InChI is InChI=1S/C20H26N4O/c1-3-14-8-7-9-15(4-2)18(14)24-19(25)17-12-13-21-20(23-17)22-16-10-5-6-11-16/h7-9,12-13,16H,3-6,10-11H2,1-2H3,(H,24,25)(H,21,22,23). The van der Waals surface area contributed by atoms with E-state index in [9.17, 15) is 4.79 Å². The van der Waals surface area contributed by atoms with Crippen LogP contribution < -0.4 is 10.6 Å². The van der Waals surface area contributed by atoms with Gasteiger partial charge in [-0.2, -0.15) is 0 Å². The summed E-state index contributed by atoms with van der Waals surface area (Å²) in [4.78, 5) is 21.4. The van der Waals surface area contributed by atoms with Gasteiger partial charge in [0.05, 0.1) is 0 Å². The molecule has 1 aromatic carbocycles. The number of nitrogens with zero attached hydrogens (tertiary/aromatic N) is 2. The van der Waals surface area contributed by atoms with E-state index in [0.717, 1.165) is 42.5 Å². The van der Waals surface area contributed by atoms with Gasteiger partial charge in [0, 0.05) is 17.9 Å². The van der Waals surface area contributed by atoms with Crippen molar-refractivity contribution >= 4 is 17.5 Å². The van der Waals surface area contributed by atoms with Crippen molar-refractivity contribution in [1.29, 1.82) is 0 Å². The second-order valence-electron chi connectivity index (χ2n) is 6.50. The highest BCUT2D eigenvalue weighted by Crippen LogP contribution is 2.24. The van der Waals surface area contributed by atoms with Crippen LogP contribution in [0, 0.1) is 0 Å². The number of aryl methyl sites for hydroxylation is 2.